The summed E-state index contributed by atoms with van der Waals surface area (Å²) in [5.41, 5.74) is 2.72. The van der Waals surface area contributed by atoms with Crippen LogP contribution in [0.1, 0.15) is 28.8 Å². The minimum atomic E-state index is 0.411. The van der Waals surface area contributed by atoms with E-state index in [9.17, 15) is 0 Å². The van der Waals surface area contributed by atoms with Crippen molar-refractivity contribution in [2.75, 3.05) is 19.8 Å². The van der Waals surface area contributed by atoms with Crippen molar-refractivity contribution >= 4 is 15.9 Å². The highest BCUT2D eigenvalue weighted by Gasteiger charge is 2.24. The van der Waals surface area contributed by atoms with Crippen molar-refractivity contribution in [3.63, 3.8) is 0 Å². The van der Waals surface area contributed by atoms with Crippen LogP contribution in [-0.2, 0) is 11.2 Å². The van der Waals surface area contributed by atoms with Gasteiger partial charge in [0.25, 0.3) is 0 Å². The molecule has 3 rings (SSSR count). The summed E-state index contributed by atoms with van der Waals surface area (Å²) in [5.74, 6) is 1.66. The van der Waals surface area contributed by atoms with E-state index in [1.165, 1.54) is 24.0 Å². The fourth-order valence-electron chi connectivity index (χ4n) is 2.65. The average molecular weight is 297 g/mol. The summed E-state index contributed by atoms with van der Waals surface area (Å²) >= 11 is 3.84. The lowest BCUT2D eigenvalue weighted by Crippen LogP contribution is -2.21. The molecule has 17 heavy (non-hydrogen) atoms. The highest BCUT2D eigenvalue weighted by Crippen LogP contribution is 2.38. The molecule has 3 heteroatoms. The van der Waals surface area contributed by atoms with E-state index >= 15 is 0 Å². The van der Waals surface area contributed by atoms with E-state index in [0.717, 1.165) is 32.0 Å². The smallest absolute Gasteiger partial charge is 0.122 e. The van der Waals surface area contributed by atoms with Gasteiger partial charge in [-0.05, 0) is 36.0 Å². The molecule has 0 aromatic heterocycles. The quantitative estimate of drug-likeness (QED) is 0.778. The summed E-state index contributed by atoms with van der Waals surface area (Å²) in [6.07, 6.45) is 3.48. The number of ether oxygens (including phenoxy) is 2. The summed E-state index contributed by atoms with van der Waals surface area (Å²) in [5, 5.41) is 0. The van der Waals surface area contributed by atoms with Gasteiger partial charge in [-0.1, -0.05) is 28.1 Å². The Bertz CT molecular complexity index is 399. The van der Waals surface area contributed by atoms with Gasteiger partial charge in [-0.3, -0.25) is 0 Å². The zero-order chi connectivity index (χ0) is 11.7. The molecule has 2 nitrogen and oxygen atoms in total. The van der Waals surface area contributed by atoms with Crippen LogP contribution in [-0.4, -0.2) is 19.8 Å². The van der Waals surface area contributed by atoms with Gasteiger partial charge in [-0.25, -0.2) is 0 Å². The summed E-state index contributed by atoms with van der Waals surface area (Å²) in [4.78, 5) is 0.411. The van der Waals surface area contributed by atoms with Crippen molar-refractivity contribution in [2.45, 2.75) is 24.1 Å². The van der Waals surface area contributed by atoms with Gasteiger partial charge in [0.15, 0.2) is 0 Å². The SMILES string of the molecule is BrC(c1ccc2c(c1)CCO2)C1CCCOC1. The van der Waals surface area contributed by atoms with Gasteiger partial charge in [0, 0.05) is 17.9 Å². The van der Waals surface area contributed by atoms with Gasteiger partial charge in [0.1, 0.15) is 5.75 Å². The number of hydrogen-bond acceptors (Lipinski definition) is 2. The van der Waals surface area contributed by atoms with E-state index in [2.05, 4.69) is 34.1 Å². The minimum Gasteiger partial charge on any atom is -0.493 e. The Balaban J connectivity index is 1.78. The summed E-state index contributed by atoms with van der Waals surface area (Å²) in [6.45, 7) is 2.63. The number of fused-ring (bicyclic) bond motifs is 1. The molecular weight excluding hydrogens is 280 g/mol. The predicted octanol–water partition coefficient (Wildman–Crippen LogP) is 3.48. The number of rotatable bonds is 2. The molecule has 0 aliphatic carbocycles. The minimum absolute atomic E-state index is 0.411. The number of hydrogen-bond donors (Lipinski definition) is 0. The molecule has 0 radical (unpaired) electrons. The Morgan fingerprint density at radius 2 is 2.24 bits per heavy atom. The van der Waals surface area contributed by atoms with Crippen LogP contribution in [0.25, 0.3) is 0 Å². The summed E-state index contributed by atoms with van der Waals surface area (Å²) < 4.78 is 11.1. The Labute approximate surface area is 110 Å². The normalized spacial score (nSPS) is 25.1. The summed E-state index contributed by atoms with van der Waals surface area (Å²) in [6, 6.07) is 6.57. The molecule has 2 aliphatic rings. The fourth-order valence-corrected chi connectivity index (χ4v) is 3.35. The van der Waals surface area contributed by atoms with Crippen LogP contribution >= 0.6 is 15.9 Å². The van der Waals surface area contributed by atoms with Crippen LogP contribution in [0.15, 0.2) is 18.2 Å². The van der Waals surface area contributed by atoms with Crippen molar-refractivity contribution < 1.29 is 9.47 Å². The molecule has 0 spiro atoms. The van der Waals surface area contributed by atoms with Gasteiger partial charge in [-0.15, -0.1) is 0 Å². The highest BCUT2D eigenvalue weighted by molar-refractivity contribution is 9.09. The Kier molecular flexibility index (Phi) is 3.39. The van der Waals surface area contributed by atoms with E-state index in [1.807, 2.05) is 0 Å². The lowest BCUT2D eigenvalue weighted by atomic mass is 9.93. The second-order valence-electron chi connectivity index (χ2n) is 4.84. The van der Waals surface area contributed by atoms with Crippen LogP contribution in [0.2, 0.25) is 0 Å². The van der Waals surface area contributed by atoms with Crippen LogP contribution < -0.4 is 4.74 Å². The van der Waals surface area contributed by atoms with E-state index in [4.69, 9.17) is 9.47 Å². The molecule has 0 bridgehead atoms. The van der Waals surface area contributed by atoms with Crippen LogP contribution in [0.4, 0.5) is 0 Å². The first-order valence-electron chi connectivity index (χ1n) is 6.32. The molecule has 1 saturated heterocycles. The molecule has 1 aromatic rings. The number of alkyl halides is 1. The van der Waals surface area contributed by atoms with Crippen molar-refractivity contribution in [2.24, 2.45) is 5.92 Å². The maximum absolute atomic E-state index is 5.56. The lowest BCUT2D eigenvalue weighted by Gasteiger charge is -2.27. The highest BCUT2D eigenvalue weighted by atomic mass is 79.9. The number of benzene rings is 1. The third-order valence-electron chi connectivity index (χ3n) is 3.64. The first kappa shape index (κ1) is 11.5. The molecule has 2 unspecified atom stereocenters. The van der Waals surface area contributed by atoms with Gasteiger partial charge >= 0.3 is 0 Å². The van der Waals surface area contributed by atoms with Gasteiger partial charge in [0.05, 0.1) is 13.2 Å². The predicted molar refractivity (Wildman–Crippen MR) is 70.9 cm³/mol. The fraction of sp³-hybridized carbons (Fsp3) is 0.571. The largest absolute Gasteiger partial charge is 0.493 e. The van der Waals surface area contributed by atoms with Crippen molar-refractivity contribution in [1.29, 1.82) is 0 Å². The molecule has 2 atom stereocenters. The van der Waals surface area contributed by atoms with Gasteiger partial charge < -0.3 is 9.47 Å². The zero-order valence-corrected chi connectivity index (χ0v) is 11.4. The standard InChI is InChI=1S/C14H17BrO2/c15-14(12-2-1-6-16-9-12)11-3-4-13-10(8-11)5-7-17-13/h3-4,8,12,14H,1-2,5-7,9H2. The van der Waals surface area contributed by atoms with E-state index in [1.54, 1.807) is 0 Å². The third kappa shape index (κ3) is 2.36. The molecule has 1 fully saturated rings. The van der Waals surface area contributed by atoms with E-state index < -0.39 is 0 Å². The molecule has 0 N–H and O–H groups in total. The number of halogens is 1. The monoisotopic (exact) mass is 296 g/mol. The van der Waals surface area contributed by atoms with E-state index in [-0.39, 0.29) is 0 Å². The Morgan fingerprint density at radius 3 is 3.06 bits per heavy atom. The molecule has 92 valence electrons. The second-order valence-corrected chi connectivity index (χ2v) is 5.83. The first-order chi connectivity index (χ1) is 8.34. The summed E-state index contributed by atoms with van der Waals surface area (Å²) in [7, 11) is 0. The Morgan fingerprint density at radius 1 is 1.29 bits per heavy atom. The van der Waals surface area contributed by atoms with Gasteiger partial charge in [0.2, 0.25) is 0 Å². The molecule has 1 aromatic carbocycles. The van der Waals surface area contributed by atoms with Crippen LogP contribution in [0.3, 0.4) is 0 Å². The van der Waals surface area contributed by atoms with Crippen molar-refractivity contribution in [3.05, 3.63) is 29.3 Å². The third-order valence-corrected chi connectivity index (χ3v) is 4.92. The molecule has 2 heterocycles. The molecule has 0 saturated carbocycles. The molecule has 0 amide bonds. The maximum atomic E-state index is 5.56. The topological polar surface area (TPSA) is 18.5 Å². The Hall–Kier alpha value is -0.540. The van der Waals surface area contributed by atoms with Crippen LogP contribution in [0.5, 0.6) is 5.75 Å². The zero-order valence-electron chi connectivity index (χ0n) is 9.82. The van der Waals surface area contributed by atoms with Crippen molar-refractivity contribution in [3.8, 4) is 5.75 Å². The van der Waals surface area contributed by atoms with Gasteiger partial charge in [-0.2, -0.15) is 0 Å². The average Bonchev–Trinajstić information content (AvgIpc) is 2.86. The lowest BCUT2D eigenvalue weighted by molar-refractivity contribution is 0.0546. The molecular formula is C14H17BrO2. The maximum Gasteiger partial charge on any atom is 0.122 e. The van der Waals surface area contributed by atoms with E-state index in [0.29, 0.717) is 10.7 Å². The second kappa shape index (κ2) is 4.99. The van der Waals surface area contributed by atoms with Crippen molar-refractivity contribution in [1.82, 2.24) is 0 Å². The molecule has 2 aliphatic heterocycles. The first-order valence-corrected chi connectivity index (χ1v) is 7.23. The van der Waals surface area contributed by atoms with Crippen LogP contribution in [0, 0.1) is 5.92 Å².